The van der Waals surface area contributed by atoms with Gasteiger partial charge < -0.3 is 14.6 Å². The van der Waals surface area contributed by atoms with Crippen molar-refractivity contribution in [2.45, 2.75) is 52.3 Å². The summed E-state index contributed by atoms with van der Waals surface area (Å²) in [6, 6.07) is 10.1. The molecule has 0 saturated heterocycles. The smallest absolute Gasteiger partial charge is 0.407 e. The molecule has 1 unspecified atom stereocenters. The number of nitrogens with zero attached hydrogens (tertiary/aromatic N) is 3. The maximum Gasteiger partial charge on any atom is 0.407 e. The van der Waals surface area contributed by atoms with Gasteiger partial charge in [0.1, 0.15) is 5.60 Å². The van der Waals surface area contributed by atoms with Crippen LogP contribution in [0.15, 0.2) is 34.9 Å². The van der Waals surface area contributed by atoms with Crippen molar-refractivity contribution in [2.24, 2.45) is 0 Å². The van der Waals surface area contributed by atoms with E-state index in [0.29, 0.717) is 31.2 Å². The molecule has 2 aromatic rings. The Morgan fingerprint density at radius 3 is 2.65 bits per heavy atom. The summed E-state index contributed by atoms with van der Waals surface area (Å²) in [5.74, 6) is 1.22. The van der Waals surface area contributed by atoms with E-state index in [1.807, 2.05) is 70.0 Å². The van der Waals surface area contributed by atoms with E-state index >= 15 is 0 Å². The lowest BCUT2D eigenvalue weighted by Gasteiger charge is -2.25. The van der Waals surface area contributed by atoms with Gasteiger partial charge in [-0.3, -0.25) is 4.90 Å². The molecule has 0 aliphatic rings. The number of nitrogens with one attached hydrogen (secondary N) is 1. The second-order valence-corrected chi connectivity index (χ2v) is 7.41. The molecule has 0 spiro atoms. The van der Waals surface area contributed by atoms with Crippen molar-refractivity contribution in [3.8, 4) is 0 Å². The maximum atomic E-state index is 11.7. The molecule has 1 atom stereocenters. The van der Waals surface area contributed by atoms with Crippen LogP contribution in [-0.4, -0.2) is 46.4 Å². The summed E-state index contributed by atoms with van der Waals surface area (Å²) in [6.45, 7) is 8.51. The average Bonchev–Trinajstić information content (AvgIpc) is 2.98. The van der Waals surface area contributed by atoms with Crippen molar-refractivity contribution in [3.05, 3.63) is 47.6 Å². The highest BCUT2D eigenvalue weighted by Gasteiger charge is 2.18. The molecule has 0 radical (unpaired) electrons. The standard InChI is InChI=1S/C19H28N4O3/c1-14(12-20-18(24)25-19(2,3)4)23(5)13-17-21-16(22-26-17)11-15-9-7-6-8-10-15/h6-10,14H,11-13H2,1-5H3,(H,20,24). The number of carbonyl (C=O) groups is 1. The molecule has 1 amide bonds. The van der Waals surface area contributed by atoms with Crippen LogP contribution in [0.25, 0.3) is 0 Å². The Morgan fingerprint density at radius 1 is 1.31 bits per heavy atom. The second kappa shape index (κ2) is 8.80. The predicted octanol–water partition coefficient (Wildman–Crippen LogP) is 3.01. The average molecular weight is 360 g/mol. The summed E-state index contributed by atoms with van der Waals surface area (Å²) in [5.41, 5.74) is 0.640. The Labute approximate surface area is 154 Å². The molecule has 1 heterocycles. The molecule has 7 heteroatoms. The van der Waals surface area contributed by atoms with Gasteiger partial charge in [0, 0.05) is 19.0 Å². The zero-order valence-corrected chi connectivity index (χ0v) is 16.2. The fraction of sp³-hybridized carbons (Fsp3) is 0.526. The van der Waals surface area contributed by atoms with E-state index in [4.69, 9.17) is 9.26 Å². The number of carbonyl (C=O) groups excluding carboxylic acids is 1. The molecule has 7 nitrogen and oxygen atoms in total. The topological polar surface area (TPSA) is 80.5 Å². The maximum absolute atomic E-state index is 11.7. The van der Waals surface area contributed by atoms with E-state index in [2.05, 4.69) is 15.5 Å². The molecule has 0 bridgehead atoms. The molecule has 0 aliphatic heterocycles. The van der Waals surface area contributed by atoms with Gasteiger partial charge in [0.05, 0.1) is 6.54 Å². The van der Waals surface area contributed by atoms with E-state index in [9.17, 15) is 4.79 Å². The van der Waals surface area contributed by atoms with Crippen molar-refractivity contribution in [2.75, 3.05) is 13.6 Å². The molecule has 0 aliphatic carbocycles. The monoisotopic (exact) mass is 360 g/mol. The number of rotatable bonds is 7. The highest BCUT2D eigenvalue weighted by molar-refractivity contribution is 5.67. The van der Waals surface area contributed by atoms with E-state index in [1.165, 1.54) is 0 Å². The predicted molar refractivity (Wildman–Crippen MR) is 98.7 cm³/mol. The fourth-order valence-corrected chi connectivity index (χ4v) is 2.27. The lowest BCUT2D eigenvalue weighted by molar-refractivity contribution is 0.0511. The van der Waals surface area contributed by atoms with Crippen LogP contribution in [0.4, 0.5) is 4.79 Å². The molecule has 0 saturated carbocycles. The lowest BCUT2D eigenvalue weighted by Crippen LogP contribution is -2.41. The molecule has 2 rings (SSSR count). The van der Waals surface area contributed by atoms with Crippen LogP contribution in [0, 0.1) is 0 Å². The highest BCUT2D eigenvalue weighted by atomic mass is 16.6. The van der Waals surface area contributed by atoms with E-state index in [0.717, 1.165) is 5.56 Å². The van der Waals surface area contributed by atoms with Crippen molar-refractivity contribution in [1.82, 2.24) is 20.4 Å². The van der Waals surface area contributed by atoms with Crippen LogP contribution >= 0.6 is 0 Å². The Balaban J connectivity index is 1.80. The highest BCUT2D eigenvalue weighted by Crippen LogP contribution is 2.09. The first-order chi connectivity index (χ1) is 12.2. The molecule has 1 aromatic heterocycles. The second-order valence-electron chi connectivity index (χ2n) is 7.41. The van der Waals surface area contributed by atoms with Gasteiger partial charge in [-0.1, -0.05) is 35.5 Å². The molecule has 0 fully saturated rings. The number of alkyl carbamates (subject to hydrolysis) is 1. The molecular formula is C19H28N4O3. The van der Waals surface area contributed by atoms with Crippen molar-refractivity contribution >= 4 is 6.09 Å². The van der Waals surface area contributed by atoms with E-state index < -0.39 is 11.7 Å². The number of likely N-dealkylation sites (N-methyl/N-ethyl adjacent to an activating group) is 1. The Kier molecular flexibility index (Phi) is 6.74. The summed E-state index contributed by atoms with van der Waals surface area (Å²) in [4.78, 5) is 18.2. The van der Waals surface area contributed by atoms with Crippen molar-refractivity contribution in [3.63, 3.8) is 0 Å². The zero-order valence-electron chi connectivity index (χ0n) is 16.2. The van der Waals surface area contributed by atoms with Crippen LogP contribution in [-0.2, 0) is 17.7 Å². The number of hydrogen-bond acceptors (Lipinski definition) is 6. The first-order valence-electron chi connectivity index (χ1n) is 8.75. The third-order valence-corrected chi connectivity index (χ3v) is 3.79. The minimum atomic E-state index is -0.502. The Hall–Kier alpha value is -2.41. The summed E-state index contributed by atoms with van der Waals surface area (Å²) in [7, 11) is 1.95. The van der Waals surface area contributed by atoms with Gasteiger partial charge in [0.2, 0.25) is 5.89 Å². The van der Waals surface area contributed by atoms with Gasteiger partial charge in [0.15, 0.2) is 5.82 Å². The fourth-order valence-electron chi connectivity index (χ4n) is 2.27. The van der Waals surface area contributed by atoms with Gasteiger partial charge in [-0.2, -0.15) is 4.98 Å². The first kappa shape index (κ1) is 19.9. The van der Waals surface area contributed by atoms with Gasteiger partial charge in [-0.25, -0.2) is 4.79 Å². The largest absolute Gasteiger partial charge is 0.444 e. The Bertz CT molecular complexity index is 694. The molecule has 1 aromatic carbocycles. The van der Waals surface area contributed by atoms with Gasteiger partial charge in [-0.15, -0.1) is 0 Å². The van der Waals surface area contributed by atoms with E-state index in [1.54, 1.807) is 0 Å². The van der Waals surface area contributed by atoms with Crippen LogP contribution in [0.2, 0.25) is 0 Å². The molecular weight excluding hydrogens is 332 g/mol. The van der Waals surface area contributed by atoms with Crippen molar-refractivity contribution in [1.29, 1.82) is 0 Å². The first-order valence-corrected chi connectivity index (χ1v) is 8.75. The van der Waals surface area contributed by atoms with Crippen molar-refractivity contribution < 1.29 is 14.1 Å². The van der Waals surface area contributed by atoms with Crippen LogP contribution in [0.5, 0.6) is 0 Å². The minimum Gasteiger partial charge on any atom is -0.444 e. The number of benzene rings is 1. The van der Waals surface area contributed by atoms with Crippen LogP contribution in [0.3, 0.4) is 0 Å². The Morgan fingerprint density at radius 2 is 2.00 bits per heavy atom. The molecule has 26 heavy (non-hydrogen) atoms. The van der Waals surface area contributed by atoms with Crippen LogP contribution in [0.1, 0.15) is 45.0 Å². The third kappa shape index (κ3) is 6.84. The summed E-state index contributed by atoms with van der Waals surface area (Å²) in [5, 5.41) is 6.81. The van der Waals surface area contributed by atoms with Gasteiger partial charge in [-0.05, 0) is 40.3 Å². The number of hydrogen-bond donors (Lipinski definition) is 1. The van der Waals surface area contributed by atoms with E-state index in [-0.39, 0.29) is 6.04 Å². The molecule has 1 N–H and O–H groups in total. The summed E-state index contributed by atoms with van der Waals surface area (Å²) >= 11 is 0. The minimum absolute atomic E-state index is 0.0898. The quantitative estimate of drug-likeness (QED) is 0.817. The molecule has 142 valence electrons. The van der Waals surface area contributed by atoms with Gasteiger partial charge >= 0.3 is 6.09 Å². The van der Waals surface area contributed by atoms with Crippen LogP contribution < -0.4 is 5.32 Å². The number of ether oxygens (including phenoxy) is 1. The number of amides is 1. The summed E-state index contributed by atoms with van der Waals surface area (Å²) < 4.78 is 10.6. The zero-order chi connectivity index (χ0) is 19.2. The lowest BCUT2D eigenvalue weighted by atomic mass is 10.1. The third-order valence-electron chi connectivity index (χ3n) is 3.79. The number of aromatic nitrogens is 2. The summed E-state index contributed by atoms with van der Waals surface area (Å²) in [6.07, 6.45) is 0.227. The van der Waals surface area contributed by atoms with Gasteiger partial charge in [0.25, 0.3) is 0 Å². The normalized spacial score (nSPS) is 12.8. The SMILES string of the molecule is CC(CNC(=O)OC(C)(C)C)N(C)Cc1nc(Cc2ccccc2)no1.